The fourth-order valence-electron chi connectivity index (χ4n) is 2.72. The molecule has 0 saturated heterocycles. The highest BCUT2D eigenvalue weighted by Crippen LogP contribution is 2.32. The van der Waals surface area contributed by atoms with Gasteiger partial charge in [-0.2, -0.15) is 0 Å². The van der Waals surface area contributed by atoms with E-state index in [0.29, 0.717) is 23.0 Å². The molecule has 3 rings (SSSR count). The average Bonchev–Trinajstić information content (AvgIpc) is 3.12. The molecule has 0 fully saturated rings. The van der Waals surface area contributed by atoms with E-state index in [1.54, 1.807) is 12.1 Å². The van der Waals surface area contributed by atoms with Gasteiger partial charge in [-0.3, -0.25) is 4.79 Å². The van der Waals surface area contributed by atoms with Crippen molar-refractivity contribution >= 4 is 43.5 Å². The van der Waals surface area contributed by atoms with Crippen molar-refractivity contribution in [1.82, 2.24) is 0 Å². The third-order valence-corrected chi connectivity index (χ3v) is 5.20. The van der Waals surface area contributed by atoms with Crippen LogP contribution < -0.4 is 10.1 Å². The Labute approximate surface area is 180 Å². The molecule has 146 valence electrons. The first-order valence-corrected chi connectivity index (χ1v) is 10.1. The lowest BCUT2D eigenvalue weighted by atomic mass is 10.1. The van der Waals surface area contributed by atoms with Crippen molar-refractivity contribution in [2.24, 2.45) is 0 Å². The summed E-state index contributed by atoms with van der Waals surface area (Å²) in [5, 5.41) is 12.0. The molecule has 0 bridgehead atoms. The molecule has 1 aromatic heterocycles. The first-order chi connectivity index (χ1) is 13.4. The van der Waals surface area contributed by atoms with Gasteiger partial charge in [0, 0.05) is 15.7 Å². The summed E-state index contributed by atoms with van der Waals surface area (Å²) in [4.78, 5) is 12.4. The van der Waals surface area contributed by atoms with E-state index in [1.165, 1.54) is 0 Å². The second-order valence-electron chi connectivity index (χ2n) is 6.32. The first-order valence-electron chi connectivity index (χ1n) is 8.56. The molecule has 0 unspecified atom stereocenters. The standard InChI is InChI=1S/C21H19Br2NO4/c1-12-3-4-14(19-6-5-16(10-25)28-19)8-18(12)24-20(26)11-27-21-13(2)7-15(22)9-17(21)23/h3-9,25H,10-11H2,1-2H3,(H,24,26). The van der Waals surface area contributed by atoms with Crippen molar-refractivity contribution in [2.45, 2.75) is 20.5 Å². The van der Waals surface area contributed by atoms with Crippen LogP contribution in [0, 0.1) is 13.8 Å². The van der Waals surface area contributed by atoms with Crippen molar-refractivity contribution in [2.75, 3.05) is 11.9 Å². The number of furan rings is 1. The van der Waals surface area contributed by atoms with Crippen LogP contribution in [0.25, 0.3) is 11.3 Å². The zero-order chi connectivity index (χ0) is 20.3. The third kappa shape index (κ3) is 4.84. The van der Waals surface area contributed by atoms with E-state index >= 15 is 0 Å². The molecule has 0 aliphatic rings. The fourth-order valence-corrected chi connectivity index (χ4v) is 4.28. The van der Waals surface area contributed by atoms with Crippen molar-refractivity contribution in [3.8, 4) is 17.1 Å². The summed E-state index contributed by atoms with van der Waals surface area (Å²) in [7, 11) is 0. The Kier molecular flexibility index (Phi) is 6.59. The van der Waals surface area contributed by atoms with Gasteiger partial charge >= 0.3 is 0 Å². The van der Waals surface area contributed by atoms with Gasteiger partial charge in [0.2, 0.25) is 0 Å². The van der Waals surface area contributed by atoms with Crippen LogP contribution in [0.4, 0.5) is 5.69 Å². The number of nitrogens with one attached hydrogen (secondary N) is 1. The minimum atomic E-state index is -0.259. The van der Waals surface area contributed by atoms with Gasteiger partial charge in [-0.15, -0.1) is 0 Å². The molecule has 0 atom stereocenters. The lowest BCUT2D eigenvalue weighted by Gasteiger charge is -2.13. The summed E-state index contributed by atoms with van der Waals surface area (Å²) in [5.41, 5.74) is 3.34. The number of carbonyl (C=O) groups is 1. The summed E-state index contributed by atoms with van der Waals surface area (Å²) in [6.07, 6.45) is 0. The first kappa shape index (κ1) is 20.6. The summed E-state index contributed by atoms with van der Waals surface area (Å²) in [6, 6.07) is 13.0. The summed E-state index contributed by atoms with van der Waals surface area (Å²) in [6.45, 7) is 3.56. The van der Waals surface area contributed by atoms with Crippen molar-refractivity contribution in [3.63, 3.8) is 0 Å². The third-order valence-electron chi connectivity index (χ3n) is 4.16. The molecule has 0 aliphatic heterocycles. The second-order valence-corrected chi connectivity index (χ2v) is 8.09. The molecule has 5 nitrogen and oxygen atoms in total. The molecule has 28 heavy (non-hydrogen) atoms. The topological polar surface area (TPSA) is 71.7 Å². The van der Waals surface area contributed by atoms with E-state index in [9.17, 15) is 4.79 Å². The van der Waals surface area contributed by atoms with Crippen LogP contribution in [0.5, 0.6) is 5.75 Å². The molecule has 0 spiro atoms. The van der Waals surface area contributed by atoms with Gasteiger partial charge in [-0.1, -0.05) is 28.1 Å². The van der Waals surface area contributed by atoms with E-state index < -0.39 is 0 Å². The van der Waals surface area contributed by atoms with Crippen LogP contribution >= 0.6 is 31.9 Å². The average molecular weight is 509 g/mol. The minimum absolute atomic E-state index is 0.111. The van der Waals surface area contributed by atoms with Crippen molar-refractivity contribution in [3.05, 3.63) is 68.3 Å². The van der Waals surface area contributed by atoms with Crippen molar-refractivity contribution < 1.29 is 19.1 Å². The maximum Gasteiger partial charge on any atom is 0.262 e. The number of rotatable bonds is 6. The number of halogens is 2. The lowest BCUT2D eigenvalue weighted by molar-refractivity contribution is -0.118. The number of hydrogen-bond acceptors (Lipinski definition) is 4. The predicted molar refractivity (Wildman–Crippen MR) is 116 cm³/mol. The number of benzene rings is 2. The Bertz CT molecular complexity index is 990. The fraction of sp³-hybridized carbons (Fsp3) is 0.190. The monoisotopic (exact) mass is 507 g/mol. The molecule has 0 aliphatic carbocycles. The molecular formula is C21H19Br2NO4. The van der Waals surface area contributed by atoms with Crippen LogP contribution in [0.1, 0.15) is 16.9 Å². The summed E-state index contributed by atoms with van der Waals surface area (Å²) < 4.78 is 13.0. The maximum atomic E-state index is 12.4. The highest BCUT2D eigenvalue weighted by Gasteiger charge is 2.12. The Hall–Kier alpha value is -2.09. The van der Waals surface area contributed by atoms with Gasteiger partial charge in [-0.25, -0.2) is 0 Å². The van der Waals surface area contributed by atoms with Crippen LogP contribution in [0.2, 0.25) is 0 Å². The Morgan fingerprint density at radius 1 is 1.11 bits per heavy atom. The van der Waals surface area contributed by atoms with Gasteiger partial charge < -0.3 is 19.6 Å². The molecule has 7 heteroatoms. The summed E-state index contributed by atoms with van der Waals surface area (Å²) >= 11 is 6.88. The number of anilines is 1. The highest BCUT2D eigenvalue weighted by atomic mass is 79.9. The van der Waals surface area contributed by atoms with Crippen LogP contribution in [0.3, 0.4) is 0 Å². The van der Waals surface area contributed by atoms with E-state index in [-0.39, 0.29) is 19.1 Å². The van der Waals surface area contributed by atoms with Crippen LogP contribution in [0.15, 0.2) is 55.8 Å². The molecule has 0 saturated carbocycles. The van der Waals surface area contributed by atoms with Crippen LogP contribution in [-0.4, -0.2) is 17.6 Å². The number of aryl methyl sites for hydroxylation is 2. The second kappa shape index (κ2) is 8.94. The van der Waals surface area contributed by atoms with Gasteiger partial charge in [0.1, 0.15) is 23.9 Å². The van der Waals surface area contributed by atoms with Crippen molar-refractivity contribution in [1.29, 1.82) is 0 Å². The van der Waals surface area contributed by atoms with E-state index in [2.05, 4.69) is 37.2 Å². The SMILES string of the molecule is Cc1ccc(-c2ccc(CO)o2)cc1NC(=O)COc1c(C)cc(Br)cc1Br. The van der Waals surface area contributed by atoms with E-state index in [1.807, 2.05) is 44.2 Å². The molecule has 0 radical (unpaired) electrons. The van der Waals surface area contributed by atoms with E-state index in [4.69, 9.17) is 14.3 Å². The Balaban J connectivity index is 1.71. The number of ether oxygens (including phenoxy) is 1. The quantitative estimate of drug-likeness (QED) is 0.454. The van der Waals surface area contributed by atoms with Gasteiger partial charge in [0.15, 0.2) is 6.61 Å². The Morgan fingerprint density at radius 2 is 1.89 bits per heavy atom. The number of aliphatic hydroxyl groups excluding tert-OH is 1. The van der Waals surface area contributed by atoms with E-state index in [0.717, 1.165) is 25.6 Å². The van der Waals surface area contributed by atoms with Gasteiger partial charge in [0.05, 0.1) is 4.47 Å². The number of hydrogen-bond donors (Lipinski definition) is 2. The molecule has 3 aromatic rings. The van der Waals surface area contributed by atoms with Gasteiger partial charge in [0.25, 0.3) is 5.91 Å². The maximum absolute atomic E-state index is 12.4. The molecule has 1 amide bonds. The minimum Gasteiger partial charge on any atom is -0.482 e. The molecule has 2 aromatic carbocycles. The van der Waals surface area contributed by atoms with Crippen LogP contribution in [-0.2, 0) is 11.4 Å². The largest absolute Gasteiger partial charge is 0.482 e. The number of aliphatic hydroxyl groups is 1. The highest BCUT2D eigenvalue weighted by molar-refractivity contribution is 9.11. The molecular weight excluding hydrogens is 490 g/mol. The predicted octanol–water partition coefficient (Wildman–Crippen LogP) is 5.60. The number of amides is 1. The number of carbonyl (C=O) groups excluding carboxylic acids is 1. The summed E-state index contributed by atoms with van der Waals surface area (Å²) in [5.74, 6) is 1.50. The smallest absolute Gasteiger partial charge is 0.262 e. The Morgan fingerprint density at radius 3 is 2.57 bits per heavy atom. The normalized spacial score (nSPS) is 10.8. The molecule has 1 heterocycles. The van der Waals surface area contributed by atoms with Gasteiger partial charge in [-0.05, 0) is 71.2 Å². The lowest BCUT2D eigenvalue weighted by Crippen LogP contribution is -2.21. The zero-order valence-electron chi connectivity index (χ0n) is 15.4. The zero-order valence-corrected chi connectivity index (χ0v) is 18.6. The molecule has 2 N–H and O–H groups in total.